The third kappa shape index (κ3) is 7.55. The zero-order chi connectivity index (χ0) is 26.1. The van der Waals surface area contributed by atoms with Gasteiger partial charge >= 0.3 is 0 Å². The number of hydrogen-bond acceptors (Lipinski definition) is 8. The van der Waals surface area contributed by atoms with Crippen molar-refractivity contribution >= 4 is 28.5 Å². The molecule has 0 radical (unpaired) electrons. The Morgan fingerprint density at radius 1 is 1.06 bits per heavy atom. The van der Waals surface area contributed by atoms with Gasteiger partial charge in [0.25, 0.3) is 5.91 Å². The van der Waals surface area contributed by atoms with E-state index in [0.717, 1.165) is 21.9 Å². The fraction of sp³-hybridized carbons (Fsp3) is 0.333. The highest BCUT2D eigenvalue weighted by molar-refractivity contribution is 7.15. The van der Waals surface area contributed by atoms with Crippen molar-refractivity contribution in [3.05, 3.63) is 63.7 Å². The molecule has 1 N–H and O–H groups in total. The Labute approximate surface area is 215 Å². The molecule has 1 amide bonds. The lowest BCUT2D eigenvalue weighted by atomic mass is 10.1. The zero-order valence-electron chi connectivity index (χ0n) is 21.1. The van der Waals surface area contributed by atoms with Crippen LogP contribution in [0.3, 0.4) is 0 Å². The molecule has 0 spiro atoms. The molecule has 0 aliphatic carbocycles. The second kappa shape index (κ2) is 12.7. The maximum absolute atomic E-state index is 12.6. The first-order valence-electron chi connectivity index (χ1n) is 11.7. The monoisotopic (exact) mass is 506 g/mol. The van der Waals surface area contributed by atoms with E-state index in [1.165, 1.54) is 17.4 Å². The summed E-state index contributed by atoms with van der Waals surface area (Å²) in [6.07, 6.45) is 1.50. The van der Waals surface area contributed by atoms with Crippen LogP contribution in [0.15, 0.2) is 42.0 Å². The highest BCUT2D eigenvalue weighted by Crippen LogP contribution is 2.30. The van der Waals surface area contributed by atoms with Gasteiger partial charge in [-0.2, -0.15) is 5.26 Å². The molecule has 0 saturated carbocycles. The summed E-state index contributed by atoms with van der Waals surface area (Å²) in [5, 5.41) is 21.4. The van der Waals surface area contributed by atoms with Crippen LogP contribution in [0.2, 0.25) is 0 Å². The number of aromatic nitrogens is 2. The highest BCUT2D eigenvalue weighted by atomic mass is 32.1. The van der Waals surface area contributed by atoms with Gasteiger partial charge in [-0.1, -0.05) is 37.3 Å². The van der Waals surface area contributed by atoms with Gasteiger partial charge in [0.05, 0.1) is 6.61 Å². The van der Waals surface area contributed by atoms with Gasteiger partial charge in [0, 0.05) is 5.92 Å². The molecule has 0 unspecified atom stereocenters. The van der Waals surface area contributed by atoms with Crippen LogP contribution in [0.4, 0.5) is 5.13 Å². The van der Waals surface area contributed by atoms with E-state index >= 15 is 0 Å². The second-order valence-electron chi connectivity index (χ2n) is 8.38. The van der Waals surface area contributed by atoms with Crippen LogP contribution in [0.25, 0.3) is 6.08 Å². The van der Waals surface area contributed by atoms with E-state index < -0.39 is 5.91 Å². The van der Waals surface area contributed by atoms with Crippen molar-refractivity contribution in [2.45, 2.75) is 40.5 Å². The number of carbonyl (C=O) groups is 1. The minimum Gasteiger partial charge on any atom is -0.490 e. The van der Waals surface area contributed by atoms with Gasteiger partial charge in [0.15, 0.2) is 11.5 Å². The first-order valence-corrected chi connectivity index (χ1v) is 12.5. The third-order valence-corrected chi connectivity index (χ3v) is 6.04. The van der Waals surface area contributed by atoms with Crippen molar-refractivity contribution < 1.29 is 19.0 Å². The summed E-state index contributed by atoms with van der Waals surface area (Å²) in [6, 6.07) is 13.2. The Bertz CT molecular complexity index is 1260. The van der Waals surface area contributed by atoms with E-state index in [1.54, 1.807) is 18.2 Å². The van der Waals surface area contributed by atoms with E-state index in [-0.39, 0.29) is 11.5 Å². The average molecular weight is 507 g/mol. The van der Waals surface area contributed by atoms with Gasteiger partial charge in [-0.25, -0.2) is 0 Å². The van der Waals surface area contributed by atoms with E-state index in [1.807, 2.05) is 52.8 Å². The number of carbonyl (C=O) groups excluding carboxylic acids is 1. The van der Waals surface area contributed by atoms with Crippen molar-refractivity contribution in [2.75, 3.05) is 25.1 Å². The van der Waals surface area contributed by atoms with Crippen molar-refractivity contribution in [1.29, 1.82) is 5.26 Å². The number of benzene rings is 2. The van der Waals surface area contributed by atoms with E-state index in [2.05, 4.69) is 21.6 Å². The Morgan fingerprint density at radius 2 is 1.78 bits per heavy atom. The minimum atomic E-state index is -0.550. The molecule has 9 heteroatoms. The van der Waals surface area contributed by atoms with Gasteiger partial charge in [0.2, 0.25) is 5.13 Å². The molecule has 0 aliphatic heterocycles. The van der Waals surface area contributed by atoms with Gasteiger partial charge in [-0.3, -0.25) is 10.1 Å². The molecular formula is C27H30N4O4S. The lowest BCUT2D eigenvalue weighted by Crippen LogP contribution is -2.13. The summed E-state index contributed by atoms with van der Waals surface area (Å²) in [6.45, 7) is 11.1. The molecule has 0 bridgehead atoms. The van der Waals surface area contributed by atoms with Gasteiger partial charge in [0.1, 0.15) is 35.6 Å². The van der Waals surface area contributed by atoms with Gasteiger partial charge < -0.3 is 14.2 Å². The van der Waals surface area contributed by atoms with Crippen molar-refractivity contribution in [3.63, 3.8) is 0 Å². The minimum absolute atomic E-state index is 0.0609. The van der Waals surface area contributed by atoms with Crippen LogP contribution in [0.5, 0.6) is 17.2 Å². The van der Waals surface area contributed by atoms with Crippen LogP contribution in [-0.2, 0) is 4.79 Å². The summed E-state index contributed by atoms with van der Waals surface area (Å²) in [5.41, 5.74) is 2.85. The number of nitrogens with zero attached hydrogens (tertiary/aromatic N) is 3. The molecule has 2 aromatic carbocycles. The number of hydrogen-bond donors (Lipinski definition) is 1. The predicted molar refractivity (Wildman–Crippen MR) is 141 cm³/mol. The Balaban J connectivity index is 1.66. The zero-order valence-corrected chi connectivity index (χ0v) is 21.9. The van der Waals surface area contributed by atoms with Crippen molar-refractivity contribution in [2.24, 2.45) is 0 Å². The first kappa shape index (κ1) is 26.7. The van der Waals surface area contributed by atoms with Crippen LogP contribution >= 0.6 is 11.3 Å². The maximum Gasteiger partial charge on any atom is 0.268 e. The molecule has 0 fully saturated rings. The number of aryl methyl sites for hydroxylation is 2. The standard InChI is InChI=1S/C27H30N4O4S/c1-6-33-24-15-20(14-21(16-28)25(32)29-27-31-30-26(36-27)17(2)3)7-8-23(24)35-10-9-34-22-12-18(4)11-19(5)13-22/h7-8,11-15,17H,6,9-10H2,1-5H3,(H,29,31,32). The highest BCUT2D eigenvalue weighted by Gasteiger charge is 2.15. The number of amides is 1. The number of ether oxygens (including phenoxy) is 3. The lowest BCUT2D eigenvalue weighted by Gasteiger charge is -2.13. The SMILES string of the molecule is CCOc1cc(C=C(C#N)C(=O)Nc2nnc(C(C)C)s2)ccc1OCCOc1cc(C)cc(C)c1. The van der Waals surface area contributed by atoms with Crippen molar-refractivity contribution in [3.8, 4) is 23.3 Å². The lowest BCUT2D eigenvalue weighted by molar-refractivity contribution is -0.112. The van der Waals surface area contributed by atoms with Crippen LogP contribution < -0.4 is 19.5 Å². The molecule has 0 atom stereocenters. The molecule has 3 aromatic rings. The smallest absolute Gasteiger partial charge is 0.268 e. The van der Waals surface area contributed by atoms with Crippen LogP contribution in [-0.4, -0.2) is 35.9 Å². The van der Waals surface area contributed by atoms with Crippen molar-refractivity contribution in [1.82, 2.24) is 10.2 Å². The number of rotatable bonds is 11. The topological polar surface area (TPSA) is 106 Å². The van der Waals surface area contributed by atoms with Gasteiger partial charge in [-0.15, -0.1) is 10.2 Å². The quantitative estimate of drug-likeness (QED) is 0.203. The fourth-order valence-corrected chi connectivity index (χ4v) is 4.07. The number of nitrogens with one attached hydrogen (secondary N) is 1. The van der Waals surface area contributed by atoms with E-state index in [9.17, 15) is 10.1 Å². The fourth-order valence-electron chi connectivity index (χ4n) is 3.33. The summed E-state index contributed by atoms with van der Waals surface area (Å²) < 4.78 is 17.4. The molecule has 0 saturated heterocycles. The van der Waals surface area contributed by atoms with E-state index in [4.69, 9.17) is 14.2 Å². The first-order chi connectivity index (χ1) is 17.3. The van der Waals surface area contributed by atoms with Gasteiger partial charge in [-0.05, 0) is 67.8 Å². The average Bonchev–Trinajstić information content (AvgIpc) is 3.29. The normalized spacial score (nSPS) is 11.2. The molecular weight excluding hydrogens is 476 g/mol. The third-order valence-electron chi connectivity index (χ3n) is 4.90. The second-order valence-corrected chi connectivity index (χ2v) is 9.39. The molecule has 3 rings (SSSR count). The summed E-state index contributed by atoms with van der Waals surface area (Å²) >= 11 is 1.29. The molecule has 8 nitrogen and oxygen atoms in total. The summed E-state index contributed by atoms with van der Waals surface area (Å²) in [5.74, 6) is 1.52. The Kier molecular flexibility index (Phi) is 9.42. The molecule has 0 aliphatic rings. The van der Waals surface area contributed by atoms with Crippen LogP contribution in [0.1, 0.15) is 48.4 Å². The number of nitriles is 1. The largest absolute Gasteiger partial charge is 0.490 e. The maximum atomic E-state index is 12.6. The summed E-state index contributed by atoms with van der Waals surface area (Å²) in [7, 11) is 0. The molecule has 1 heterocycles. The predicted octanol–water partition coefficient (Wildman–Crippen LogP) is 5.68. The van der Waals surface area contributed by atoms with Crippen LogP contribution in [0, 0.1) is 25.2 Å². The van der Waals surface area contributed by atoms with E-state index in [0.29, 0.717) is 42.0 Å². The number of anilines is 1. The molecule has 36 heavy (non-hydrogen) atoms. The molecule has 188 valence electrons. The Hall–Kier alpha value is -3.90. The Morgan fingerprint density at radius 3 is 2.42 bits per heavy atom. The molecule has 1 aromatic heterocycles. The summed E-state index contributed by atoms with van der Waals surface area (Å²) in [4.78, 5) is 12.6.